The van der Waals surface area contributed by atoms with Gasteiger partial charge in [-0.3, -0.25) is 0 Å². The third-order valence-electron chi connectivity index (χ3n) is 4.28. The second kappa shape index (κ2) is 6.90. The molecule has 0 saturated carbocycles. The normalized spacial score (nSPS) is 16.5. The van der Waals surface area contributed by atoms with Gasteiger partial charge in [0.15, 0.2) is 21.3 Å². The van der Waals surface area contributed by atoms with Crippen molar-refractivity contribution >= 4 is 15.7 Å². The second-order valence-electron chi connectivity index (χ2n) is 6.32. The zero-order valence-electron chi connectivity index (χ0n) is 14.2. The van der Waals surface area contributed by atoms with Crippen LogP contribution < -0.4 is 4.90 Å². The molecule has 10 heteroatoms. The molecule has 0 bridgehead atoms. The lowest BCUT2D eigenvalue weighted by Gasteiger charge is -2.22. The predicted octanol–water partition coefficient (Wildman–Crippen LogP) is 3.07. The highest BCUT2D eigenvalue weighted by Crippen LogP contribution is 2.33. The highest BCUT2D eigenvalue weighted by molar-refractivity contribution is 7.90. The van der Waals surface area contributed by atoms with Crippen molar-refractivity contribution in [1.82, 2.24) is 14.8 Å². The van der Waals surface area contributed by atoms with Crippen LogP contribution in [-0.4, -0.2) is 42.5 Å². The molecule has 0 unspecified atom stereocenters. The molecule has 1 aliphatic heterocycles. The maximum Gasteiger partial charge on any atom is 0.435 e. The molecule has 26 heavy (non-hydrogen) atoms. The Labute approximate surface area is 149 Å². The first-order valence-corrected chi connectivity index (χ1v) is 10.1. The van der Waals surface area contributed by atoms with Crippen LogP contribution in [0.5, 0.6) is 0 Å². The summed E-state index contributed by atoms with van der Waals surface area (Å²) in [6, 6.07) is 3.71. The average Bonchev–Trinajstić information content (AvgIpc) is 2.84. The molecule has 0 atom stereocenters. The zero-order chi connectivity index (χ0) is 18.9. The van der Waals surface area contributed by atoms with E-state index in [1.807, 2.05) is 4.90 Å². The highest BCUT2D eigenvalue weighted by Gasteiger charge is 2.36. The largest absolute Gasteiger partial charge is 0.435 e. The van der Waals surface area contributed by atoms with Crippen LogP contribution in [0.2, 0.25) is 0 Å². The summed E-state index contributed by atoms with van der Waals surface area (Å²) < 4.78 is 63.7. The van der Waals surface area contributed by atoms with Gasteiger partial charge >= 0.3 is 6.18 Å². The van der Waals surface area contributed by atoms with Gasteiger partial charge in [0, 0.05) is 31.6 Å². The van der Waals surface area contributed by atoms with Gasteiger partial charge in [-0.2, -0.15) is 23.0 Å². The van der Waals surface area contributed by atoms with Gasteiger partial charge in [-0.05, 0) is 25.0 Å². The molecule has 3 heterocycles. The predicted molar refractivity (Wildman–Crippen MR) is 90.2 cm³/mol. The van der Waals surface area contributed by atoms with Crippen LogP contribution in [0.4, 0.5) is 19.0 Å². The van der Waals surface area contributed by atoms with Crippen molar-refractivity contribution in [2.75, 3.05) is 24.2 Å². The summed E-state index contributed by atoms with van der Waals surface area (Å²) >= 11 is 0. The van der Waals surface area contributed by atoms with Gasteiger partial charge in [-0.25, -0.2) is 13.4 Å². The van der Waals surface area contributed by atoms with Crippen LogP contribution >= 0.6 is 0 Å². The molecule has 0 radical (unpaired) electrons. The molecule has 0 N–H and O–H groups in total. The first kappa shape index (κ1) is 18.7. The van der Waals surface area contributed by atoms with E-state index in [-0.39, 0.29) is 10.7 Å². The van der Waals surface area contributed by atoms with E-state index in [1.165, 1.54) is 12.1 Å². The number of alkyl halides is 3. The third-order valence-corrected chi connectivity index (χ3v) is 5.37. The molecule has 0 amide bonds. The molecule has 2 aromatic rings. The molecule has 0 aromatic carbocycles. The fourth-order valence-electron chi connectivity index (χ4n) is 2.92. The van der Waals surface area contributed by atoms with Crippen LogP contribution in [0.1, 0.15) is 31.4 Å². The van der Waals surface area contributed by atoms with E-state index in [1.54, 1.807) is 0 Å². The number of aromatic nitrogens is 3. The number of hydrogen-bond acceptors (Lipinski definition) is 5. The van der Waals surface area contributed by atoms with E-state index >= 15 is 0 Å². The Bertz CT molecular complexity index is 868. The van der Waals surface area contributed by atoms with Crippen molar-refractivity contribution in [3.05, 3.63) is 30.1 Å². The first-order chi connectivity index (χ1) is 12.2. The maximum absolute atomic E-state index is 13.2. The summed E-state index contributed by atoms with van der Waals surface area (Å²) in [6.07, 6.45) is 1.47. The fraction of sp³-hybridized carbons (Fsp3) is 0.500. The molecule has 142 valence electrons. The Morgan fingerprint density at radius 1 is 1.08 bits per heavy atom. The Balaban J connectivity index is 2.05. The van der Waals surface area contributed by atoms with Gasteiger partial charge in [0.05, 0.1) is 4.90 Å². The molecule has 1 saturated heterocycles. The van der Waals surface area contributed by atoms with E-state index in [2.05, 4.69) is 10.1 Å². The summed E-state index contributed by atoms with van der Waals surface area (Å²) in [7, 11) is -3.44. The topological polar surface area (TPSA) is 68.1 Å². The summed E-state index contributed by atoms with van der Waals surface area (Å²) in [5, 5.41) is 3.69. The molecule has 2 aromatic heterocycles. The monoisotopic (exact) mass is 388 g/mol. The molecule has 3 rings (SSSR count). The van der Waals surface area contributed by atoms with Gasteiger partial charge in [0.1, 0.15) is 5.82 Å². The van der Waals surface area contributed by atoms with Crippen LogP contribution in [0, 0.1) is 0 Å². The van der Waals surface area contributed by atoms with Gasteiger partial charge in [-0.15, -0.1) is 0 Å². The van der Waals surface area contributed by atoms with E-state index in [4.69, 9.17) is 0 Å². The lowest BCUT2D eigenvalue weighted by atomic mass is 10.2. The summed E-state index contributed by atoms with van der Waals surface area (Å²) in [5.74, 6) is 0.464. The smallest absolute Gasteiger partial charge is 0.356 e. The van der Waals surface area contributed by atoms with Gasteiger partial charge in [0.2, 0.25) is 0 Å². The number of sulfone groups is 1. The Hall–Kier alpha value is -2.10. The van der Waals surface area contributed by atoms with Crippen molar-refractivity contribution in [1.29, 1.82) is 0 Å². The number of nitrogens with zero attached hydrogens (tertiary/aromatic N) is 4. The minimum atomic E-state index is -4.57. The number of rotatable bonds is 3. The van der Waals surface area contributed by atoms with E-state index in [9.17, 15) is 21.6 Å². The molecule has 6 nitrogen and oxygen atoms in total. The quantitative estimate of drug-likeness (QED) is 0.808. The average molecular weight is 388 g/mol. The Morgan fingerprint density at radius 2 is 1.73 bits per heavy atom. The van der Waals surface area contributed by atoms with Crippen LogP contribution in [-0.2, 0) is 16.0 Å². The number of halogens is 3. The molecule has 0 spiro atoms. The third kappa shape index (κ3) is 4.00. The van der Waals surface area contributed by atoms with E-state index in [0.717, 1.165) is 48.9 Å². The van der Waals surface area contributed by atoms with Crippen molar-refractivity contribution in [3.8, 4) is 5.82 Å². The molecule has 1 fully saturated rings. The Morgan fingerprint density at radius 3 is 2.23 bits per heavy atom. The number of hydrogen-bond donors (Lipinski definition) is 0. The van der Waals surface area contributed by atoms with Gasteiger partial charge < -0.3 is 4.90 Å². The summed E-state index contributed by atoms with van der Waals surface area (Å²) in [5.41, 5.74) is -0.995. The van der Waals surface area contributed by atoms with Crippen molar-refractivity contribution in [2.45, 2.75) is 36.8 Å². The molecular weight excluding hydrogens is 369 g/mol. The lowest BCUT2D eigenvalue weighted by molar-refractivity contribution is -0.141. The highest BCUT2D eigenvalue weighted by atomic mass is 32.2. The standard InChI is InChI=1S/C16H19F3N4O2S/c1-26(24,25)12-6-7-14(20-11-12)23-15(10-13(21-23)16(17,18)19)22-8-4-2-3-5-9-22/h6-7,10-11H,2-5,8-9H2,1H3. The van der Waals surface area contributed by atoms with Crippen molar-refractivity contribution < 1.29 is 21.6 Å². The van der Waals surface area contributed by atoms with E-state index < -0.39 is 21.7 Å². The minimum absolute atomic E-state index is 0.000716. The maximum atomic E-state index is 13.2. The van der Waals surface area contributed by atoms with Crippen molar-refractivity contribution in [2.24, 2.45) is 0 Å². The summed E-state index contributed by atoms with van der Waals surface area (Å²) in [4.78, 5) is 5.89. The van der Waals surface area contributed by atoms with Crippen LogP contribution in [0.15, 0.2) is 29.3 Å². The van der Waals surface area contributed by atoms with Gasteiger partial charge in [0.25, 0.3) is 0 Å². The Kier molecular flexibility index (Phi) is 4.96. The van der Waals surface area contributed by atoms with Crippen LogP contribution in [0.25, 0.3) is 5.82 Å². The number of pyridine rings is 1. The molecule has 0 aliphatic carbocycles. The number of anilines is 1. The van der Waals surface area contributed by atoms with Crippen molar-refractivity contribution in [3.63, 3.8) is 0 Å². The minimum Gasteiger partial charge on any atom is -0.356 e. The zero-order valence-corrected chi connectivity index (χ0v) is 15.0. The first-order valence-electron chi connectivity index (χ1n) is 8.25. The SMILES string of the molecule is CS(=O)(=O)c1ccc(-n2nc(C(F)(F)F)cc2N2CCCCCC2)nc1. The summed E-state index contributed by atoms with van der Waals surface area (Å²) in [6.45, 7) is 1.29. The fourth-order valence-corrected chi connectivity index (χ4v) is 3.48. The van der Waals surface area contributed by atoms with Gasteiger partial charge in [-0.1, -0.05) is 12.8 Å². The molecular formula is C16H19F3N4O2S. The van der Waals surface area contributed by atoms with E-state index in [0.29, 0.717) is 18.9 Å². The molecule has 1 aliphatic rings. The van der Waals surface area contributed by atoms with Crippen LogP contribution in [0.3, 0.4) is 0 Å². The lowest BCUT2D eigenvalue weighted by Crippen LogP contribution is -2.26. The second-order valence-corrected chi connectivity index (χ2v) is 8.34.